The van der Waals surface area contributed by atoms with Crippen LogP contribution in [0, 0.1) is 6.92 Å². The van der Waals surface area contributed by atoms with Crippen molar-refractivity contribution in [2.75, 3.05) is 30.3 Å². The Kier molecular flexibility index (Phi) is 5.46. The van der Waals surface area contributed by atoms with Crippen molar-refractivity contribution in [3.05, 3.63) is 59.7 Å². The number of hydrogen-bond acceptors (Lipinski definition) is 3. The van der Waals surface area contributed by atoms with Crippen LogP contribution in [-0.4, -0.2) is 36.3 Å². The maximum absolute atomic E-state index is 12.3. The van der Waals surface area contributed by atoms with E-state index in [-0.39, 0.29) is 11.8 Å². The summed E-state index contributed by atoms with van der Waals surface area (Å²) in [6, 6.07) is 14.7. The maximum Gasteiger partial charge on any atom is 0.255 e. The van der Waals surface area contributed by atoms with E-state index in [0.29, 0.717) is 17.8 Å². The van der Waals surface area contributed by atoms with Gasteiger partial charge in [-0.25, -0.2) is 0 Å². The molecule has 25 heavy (non-hydrogen) atoms. The fourth-order valence-corrected chi connectivity index (χ4v) is 3.01. The van der Waals surface area contributed by atoms with Gasteiger partial charge in [-0.1, -0.05) is 18.2 Å². The Balaban J connectivity index is 1.55. The zero-order chi connectivity index (χ0) is 17.6. The molecule has 1 heterocycles. The van der Waals surface area contributed by atoms with Gasteiger partial charge in [0.15, 0.2) is 0 Å². The third kappa shape index (κ3) is 4.67. The SMILES string of the molecule is Cc1ccccc1C(=O)Nc1ccc(NC(=O)CN2CCCC2)cc1. The smallest absolute Gasteiger partial charge is 0.255 e. The number of carbonyl (C=O) groups excluding carboxylic acids is 2. The molecule has 2 aromatic rings. The largest absolute Gasteiger partial charge is 0.325 e. The lowest BCUT2D eigenvalue weighted by atomic mass is 10.1. The maximum atomic E-state index is 12.3. The Labute approximate surface area is 148 Å². The lowest BCUT2D eigenvalue weighted by Gasteiger charge is -2.14. The van der Waals surface area contributed by atoms with Gasteiger partial charge in [-0.05, 0) is 68.8 Å². The average Bonchev–Trinajstić information content (AvgIpc) is 3.10. The Morgan fingerprint density at radius 2 is 1.52 bits per heavy atom. The molecular formula is C20H23N3O2. The summed E-state index contributed by atoms with van der Waals surface area (Å²) in [4.78, 5) is 26.5. The molecule has 0 aliphatic carbocycles. The molecule has 0 saturated carbocycles. The molecule has 0 aromatic heterocycles. The quantitative estimate of drug-likeness (QED) is 0.880. The number of hydrogen-bond donors (Lipinski definition) is 2. The van der Waals surface area contributed by atoms with Gasteiger partial charge in [0.1, 0.15) is 0 Å². The van der Waals surface area contributed by atoms with Gasteiger partial charge in [0.2, 0.25) is 5.91 Å². The van der Waals surface area contributed by atoms with E-state index in [2.05, 4.69) is 15.5 Å². The molecule has 1 saturated heterocycles. The number of rotatable bonds is 5. The van der Waals surface area contributed by atoms with E-state index >= 15 is 0 Å². The lowest BCUT2D eigenvalue weighted by molar-refractivity contribution is -0.117. The van der Waals surface area contributed by atoms with Crippen molar-refractivity contribution in [3.8, 4) is 0 Å². The van der Waals surface area contributed by atoms with Crippen LogP contribution in [0.25, 0.3) is 0 Å². The van der Waals surface area contributed by atoms with Gasteiger partial charge in [-0.3, -0.25) is 14.5 Å². The molecule has 130 valence electrons. The highest BCUT2D eigenvalue weighted by atomic mass is 16.2. The summed E-state index contributed by atoms with van der Waals surface area (Å²) in [5, 5.41) is 5.78. The predicted molar refractivity (Wildman–Crippen MR) is 99.9 cm³/mol. The number of nitrogens with one attached hydrogen (secondary N) is 2. The minimum atomic E-state index is -0.135. The van der Waals surface area contributed by atoms with E-state index in [0.717, 1.165) is 24.3 Å². The molecule has 1 aliphatic heterocycles. The van der Waals surface area contributed by atoms with Crippen LogP contribution in [0.15, 0.2) is 48.5 Å². The second kappa shape index (κ2) is 7.94. The monoisotopic (exact) mass is 337 g/mol. The molecule has 1 fully saturated rings. The van der Waals surface area contributed by atoms with Crippen molar-refractivity contribution in [1.29, 1.82) is 0 Å². The number of benzene rings is 2. The van der Waals surface area contributed by atoms with Crippen molar-refractivity contribution in [1.82, 2.24) is 4.90 Å². The first-order valence-corrected chi connectivity index (χ1v) is 8.61. The highest BCUT2D eigenvalue weighted by Crippen LogP contribution is 2.16. The van der Waals surface area contributed by atoms with Crippen LogP contribution in [0.2, 0.25) is 0 Å². The van der Waals surface area contributed by atoms with Crippen LogP contribution in [0.4, 0.5) is 11.4 Å². The molecule has 3 rings (SSSR count). The molecule has 0 atom stereocenters. The molecule has 2 aromatic carbocycles. The van der Waals surface area contributed by atoms with Crippen LogP contribution in [0.1, 0.15) is 28.8 Å². The number of aryl methyl sites for hydroxylation is 1. The van der Waals surface area contributed by atoms with Gasteiger partial charge < -0.3 is 10.6 Å². The van der Waals surface area contributed by atoms with E-state index in [1.807, 2.05) is 25.1 Å². The number of carbonyl (C=O) groups is 2. The van der Waals surface area contributed by atoms with Gasteiger partial charge in [0.05, 0.1) is 6.54 Å². The molecule has 1 aliphatic rings. The van der Waals surface area contributed by atoms with Gasteiger partial charge in [0, 0.05) is 16.9 Å². The summed E-state index contributed by atoms with van der Waals surface area (Å²) < 4.78 is 0. The van der Waals surface area contributed by atoms with Crippen molar-refractivity contribution in [2.24, 2.45) is 0 Å². The van der Waals surface area contributed by atoms with Crippen LogP contribution in [0.5, 0.6) is 0 Å². The number of anilines is 2. The predicted octanol–water partition coefficient (Wildman–Crippen LogP) is 3.28. The summed E-state index contributed by atoms with van der Waals surface area (Å²) in [6.45, 7) is 4.34. The first-order chi connectivity index (χ1) is 12.1. The van der Waals surface area contributed by atoms with Gasteiger partial charge in [-0.15, -0.1) is 0 Å². The number of likely N-dealkylation sites (tertiary alicyclic amines) is 1. The van der Waals surface area contributed by atoms with E-state index < -0.39 is 0 Å². The summed E-state index contributed by atoms with van der Waals surface area (Å²) in [5.41, 5.74) is 3.03. The third-order valence-electron chi connectivity index (χ3n) is 4.38. The molecular weight excluding hydrogens is 314 g/mol. The number of amides is 2. The van der Waals surface area contributed by atoms with Crippen LogP contribution in [-0.2, 0) is 4.79 Å². The second-order valence-corrected chi connectivity index (χ2v) is 6.38. The molecule has 0 bridgehead atoms. The highest BCUT2D eigenvalue weighted by molar-refractivity contribution is 6.05. The highest BCUT2D eigenvalue weighted by Gasteiger charge is 2.15. The molecule has 0 unspecified atom stereocenters. The standard InChI is InChI=1S/C20H23N3O2/c1-15-6-2-3-7-18(15)20(25)22-17-10-8-16(9-11-17)21-19(24)14-23-12-4-5-13-23/h2-3,6-11H,4-5,12-14H2,1H3,(H,21,24)(H,22,25). The molecule has 2 amide bonds. The summed E-state index contributed by atoms with van der Waals surface area (Å²) in [7, 11) is 0. The van der Waals surface area contributed by atoms with Gasteiger partial charge >= 0.3 is 0 Å². The summed E-state index contributed by atoms with van der Waals surface area (Å²) >= 11 is 0. The van der Waals surface area contributed by atoms with Gasteiger partial charge in [-0.2, -0.15) is 0 Å². The Morgan fingerprint density at radius 1 is 0.920 bits per heavy atom. The van der Waals surface area contributed by atoms with E-state index in [4.69, 9.17) is 0 Å². The summed E-state index contributed by atoms with van der Waals surface area (Å²) in [6.07, 6.45) is 2.34. The Hall–Kier alpha value is -2.66. The van der Waals surface area contributed by atoms with Crippen LogP contribution in [0.3, 0.4) is 0 Å². The van der Waals surface area contributed by atoms with Crippen molar-refractivity contribution in [2.45, 2.75) is 19.8 Å². The Morgan fingerprint density at radius 3 is 2.16 bits per heavy atom. The first-order valence-electron chi connectivity index (χ1n) is 8.61. The summed E-state index contributed by atoms with van der Waals surface area (Å²) in [5.74, 6) is -0.137. The van der Waals surface area contributed by atoms with Crippen LogP contribution < -0.4 is 10.6 Å². The molecule has 0 spiro atoms. The fraction of sp³-hybridized carbons (Fsp3) is 0.300. The van der Waals surface area contributed by atoms with Crippen molar-refractivity contribution >= 4 is 23.2 Å². The lowest BCUT2D eigenvalue weighted by Crippen LogP contribution is -2.30. The van der Waals surface area contributed by atoms with E-state index in [1.165, 1.54) is 12.8 Å². The molecule has 0 radical (unpaired) electrons. The third-order valence-corrected chi connectivity index (χ3v) is 4.38. The topological polar surface area (TPSA) is 61.4 Å². The molecule has 2 N–H and O–H groups in total. The van der Waals surface area contributed by atoms with Gasteiger partial charge in [0.25, 0.3) is 5.91 Å². The normalized spacial score (nSPS) is 14.3. The van der Waals surface area contributed by atoms with Crippen molar-refractivity contribution < 1.29 is 9.59 Å². The molecule has 5 heteroatoms. The van der Waals surface area contributed by atoms with Crippen LogP contribution >= 0.6 is 0 Å². The second-order valence-electron chi connectivity index (χ2n) is 6.38. The van der Waals surface area contributed by atoms with Crippen molar-refractivity contribution in [3.63, 3.8) is 0 Å². The Bertz CT molecular complexity index is 750. The fourth-order valence-electron chi connectivity index (χ4n) is 3.01. The zero-order valence-corrected chi connectivity index (χ0v) is 14.4. The minimum absolute atomic E-state index is 0.00130. The molecule has 5 nitrogen and oxygen atoms in total. The first kappa shape index (κ1) is 17.2. The van der Waals surface area contributed by atoms with E-state index in [9.17, 15) is 9.59 Å². The average molecular weight is 337 g/mol. The number of nitrogens with zero attached hydrogens (tertiary/aromatic N) is 1. The van der Waals surface area contributed by atoms with E-state index in [1.54, 1.807) is 30.3 Å². The zero-order valence-electron chi connectivity index (χ0n) is 14.4. The minimum Gasteiger partial charge on any atom is -0.325 e.